The van der Waals surface area contributed by atoms with Crippen LogP contribution in [0.1, 0.15) is 59.9 Å². The van der Waals surface area contributed by atoms with Gasteiger partial charge in [-0.3, -0.25) is 0 Å². The molecule has 3 rings (SSSR count). The van der Waals surface area contributed by atoms with Crippen molar-refractivity contribution in [3.05, 3.63) is 108 Å². The maximum atomic E-state index is 6.28. The molecule has 3 aromatic rings. The van der Waals surface area contributed by atoms with Crippen LogP contribution in [-0.2, 0) is 15.7 Å². The Hall–Kier alpha value is -2.88. The summed E-state index contributed by atoms with van der Waals surface area (Å²) >= 11 is 0. The first-order valence-electron chi connectivity index (χ1n) is 13.2. The van der Waals surface area contributed by atoms with Crippen molar-refractivity contribution in [2.45, 2.75) is 72.5 Å². The van der Waals surface area contributed by atoms with Crippen LogP contribution in [0.3, 0.4) is 0 Å². The largest absolute Gasteiger partial charge is 0.490 e. The first-order valence-corrected chi connectivity index (χ1v) is 13.2. The first-order chi connectivity index (χ1) is 17.3. The normalized spacial score (nSPS) is 13.2. The molecule has 0 aromatic heterocycles. The molecule has 0 amide bonds. The van der Waals surface area contributed by atoms with E-state index in [9.17, 15) is 0 Å². The summed E-state index contributed by atoms with van der Waals surface area (Å²) in [5.74, 6) is 0. The van der Waals surface area contributed by atoms with E-state index >= 15 is 0 Å². The lowest BCUT2D eigenvalue weighted by atomic mass is 9.74. The summed E-state index contributed by atoms with van der Waals surface area (Å²) in [6.45, 7) is 12.6. The van der Waals surface area contributed by atoms with Crippen molar-refractivity contribution >= 4 is 7.12 Å². The minimum Gasteiger partial charge on any atom is -0.405 e. The Kier molecular flexibility index (Phi) is 10.3. The third-order valence-electron chi connectivity index (χ3n) is 6.11. The van der Waals surface area contributed by atoms with Gasteiger partial charge in [-0.15, -0.1) is 0 Å². The zero-order valence-electron chi connectivity index (χ0n) is 22.8. The van der Waals surface area contributed by atoms with Gasteiger partial charge in [0, 0.05) is 11.7 Å². The van der Waals surface area contributed by atoms with E-state index in [-0.39, 0.29) is 18.8 Å². The van der Waals surface area contributed by atoms with E-state index in [1.807, 2.05) is 0 Å². The highest BCUT2D eigenvalue weighted by Gasteiger charge is 2.29. The third-order valence-corrected chi connectivity index (χ3v) is 6.11. The van der Waals surface area contributed by atoms with Crippen molar-refractivity contribution in [1.29, 1.82) is 0 Å². The smallest absolute Gasteiger partial charge is 0.405 e. The van der Waals surface area contributed by atoms with Crippen molar-refractivity contribution in [1.82, 2.24) is 0 Å². The Bertz CT molecular complexity index is 1070. The van der Waals surface area contributed by atoms with Crippen LogP contribution < -0.4 is 0 Å². The molecule has 0 N–H and O–H groups in total. The first kappa shape index (κ1) is 27.7. The second-order valence-corrected chi connectivity index (χ2v) is 10.3. The van der Waals surface area contributed by atoms with E-state index in [0.29, 0.717) is 0 Å². The van der Waals surface area contributed by atoms with Crippen LogP contribution in [0.15, 0.2) is 103 Å². The summed E-state index contributed by atoms with van der Waals surface area (Å²) in [7, 11) is -0.333. The number of allylic oxidation sites excluding steroid dienone is 4. The number of benzene rings is 3. The van der Waals surface area contributed by atoms with Gasteiger partial charge in [0.05, 0.1) is 0 Å². The fourth-order valence-corrected chi connectivity index (χ4v) is 3.98. The Morgan fingerprint density at radius 2 is 1.39 bits per heavy atom. The predicted octanol–water partition coefficient (Wildman–Crippen LogP) is 9.11. The van der Waals surface area contributed by atoms with Crippen molar-refractivity contribution in [3.8, 4) is 22.3 Å². The fourth-order valence-electron chi connectivity index (χ4n) is 3.98. The van der Waals surface area contributed by atoms with Crippen molar-refractivity contribution < 1.29 is 9.31 Å². The average Bonchev–Trinajstić information content (AvgIpc) is 2.88. The van der Waals surface area contributed by atoms with Crippen LogP contribution in [0, 0.1) is 0 Å². The molecule has 2 nitrogen and oxygen atoms in total. The highest BCUT2D eigenvalue weighted by molar-refractivity contribution is 6.53. The van der Waals surface area contributed by atoms with Gasteiger partial charge in [0.2, 0.25) is 0 Å². The van der Waals surface area contributed by atoms with E-state index in [1.54, 1.807) is 0 Å². The molecule has 0 aliphatic heterocycles. The van der Waals surface area contributed by atoms with Crippen LogP contribution in [0.2, 0.25) is 0 Å². The quantitative estimate of drug-likeness (QED) is 0.201. The highest BCUT2D eigenvalue weighted by atomic mass is 16.6. The molecule has 1 unspecified atom stereocenters. The molecule has 0 aliphatic rings. The van der Waals surface area contributed by atoms with Crippen LogP contribution in [0.4, 0.5) is 0 Å². The van der Waals surface area contributed by atoms with Crippen LogP contribution >= 0.6 is 0 Å². The summed E-state index contributed by atoms with van der Waals surface area (Å²) in [6, 6.07) is 28.1. The Morgan fingerprint density at radius 1 is 0.833 bits per heavy atom. The van der Waals surface area contributed by atoms with E-state index in [2.05, 4.69) is 139 Å². The molecule has 0 heterocycles. The SMILES string of the molecule is CC/C(=C\C=C/Cc1cc(-c2ccccc2)cc(-c2ccccc2)c1)B(OC(C)CC)OC(C)(C)C. The van der Waals surface area contributed by atoms with Crippen molar-refractivity contribution in [3.63, 3.8) is 0 Å². The summed E-state index contributed by atoms with van der Waals surface area (Å²) in [5, 5.41) is 0. The van der Waals surface area contributed by atoms with E-state index in [0.717, 1.165) is 24.7 Å². The van der Waals surface area contributed by atoms with Crippen molar-refractivity contribution in [2.75, 3.05) is 0 Å². The molecule has 188 valence electrons. The number of hydrogen-bond donors (Lipinski definition) is 0. The molecule has 3 heteroatoms. The molecule has 0 saturated heterocycles. The average molecular weight is 481 g/mol. The van der Waals surface area contributed by atoms with Gasteiger partial charge in [-0.1, -0.05) is 105 Å². The van der Waals surface area contributed by atoms with Gasteiger partial charge < -0.3 is 9.31 Å². The lowest BCUT2D eigenvalue weighted by Gasteiger charge is -2.28. The minimum absolute atomic E-state index is 0.147. The van der Waals surface area contributed by atoms with Gasteiger partial charge >= 0.3 is 7.12 Å². The summed E-state index contributed by atoms with van der Waals surface area (Å²) in [6.07, 6.45) is 9.37. The second kappa shape index (κ2) is 13.4. The zero-order valence-corrected chi connectivity index (χ0v) is 22.8. The topological polar surface area (TPSA) is 18.5 Å². The van der Waals surface area contributed by atoms with Gasteiger partial charge in [-0.25, -0.2) is 0 Å². The molecule has 0 fully saturated rings. The fraction of sp³-hybridized carbons (Fsp3) is 0.333. The molecule has 0 aliphatic carbocycles. The maximum Gasteiger partial charge on any atom is 0.490 e. The molecule has 0 spiro atoms. The van der Waals surface area contributed by atoms with Crippen LogP contribution in [0.5, 0.6) is 0 Å². The Balaban J connectivity index is 1.85. The summed E-state index contributed by atoms with van der Waals surface area (Å²) in [4.78, 5) is 0. The Morgan fingerprint density at radius 3 is 1.86 bits per heavy atom. The Labute approximate surface area is 219 Å². The lowest BCUT2D eigenvalue weighted by molar-refractivity contribution is 0.0679. The maximum absolute atomic E-state index is 6.28. The highest BCUT2D eigenvalue weighted by Crippen LogP contribution is 2.29. The minimum atomic E-state index is -0.333. The molecule has 0 radical (unpaired) electrons. The molecular weight excluding hydrogens is 439 g/mol. The standard InChI is InChI=1S/C33H41BO2/c1-7-26(3)35-34(36-33(4,5)6)32(8-2)22-16-15-17-27-23-30(28-18-11-9-12-19-28)25-31(24-27)29-20-13-10-14-21-29/h9-16,18-26H,7-8,17H2,1-6H3/b16-15-,32-22+. The van der Waals surface area contributed by atoms with Gasteiger partial charge in [0.25, 0.3) is 0 Å². The molecule has 36 heavy (non-hydrogen) atoms. The molecule has 0 saturated carbocycles. The van der Waals surface area contributed by atoms with Crippen LogP contribution in [0.25, 0.3) is 22.3 Å². The number of rotatable bonds is 11. The van der Waals surface area contributed by atoms with Gasteiger partial charge in [0.15, 0.2) is 0 Å². The third kappa shape index (κ3) is 8.66. The molecule has 1 atom stereocenters. The van der Waals surface area contributed by atoms with Gasteiger partial charge in [-0.2, -0.15) is 0 Å². The zero-order chi connectivity index (χ0) is 26.0. The predicted molar refractivity (Wildman–Crippen MR) is 156 cm³/mol. The van der Waals surface area contributed by atoms with Crippen LogP contribution in [-0.4, -0.2) is 18.8 Å². The number of hydrogen-bond acceptors (Lipinski definition) is 2. The molecule has 3 aromatic carbocycles. The van der Waals surface area contributed by atoms with Gasteiger partial charge in [0.1, 0.15) is 0 Å². The summed E-state index contributed by atoms with van der Waals surface area (Å²) in [5.41, 5.74) is 7.12. The monoisotopic (exact) mass is 480 g/mol. The lowest BCUT2D eigenvalue weighted by Crippen LogP contribution is -2.37. The second-order valence-electron chi connectivity index (χ2n) is 10.3. The van der Waals surface area contributed by atoms with Gasteiger partial charge in [-0.05, 0) is 86.3 Å². The van der Waals surface area contributed by atoms with E-state index in [1.165, 1.54) is 27.8 Å². The van der Waals surface area contributed by atoms with Crippen molar-refractivity contribution in [2.24, 2.45) is 0 Å². The van der Waals surface area contributed by atoms with E-state index < -0.39 is 0 Å². The summed E-state index contributed by atoms with van der Waals surface area (Å²) < 4.78 is 12.5. The molecule has 0 bridgehead atoms. The van der Waals surface area contributed by atoms with E-state index in [4.69, 9.17) is 9.31 Å². The molecular formula is C33H41BO2.